The molecule has 0 fully saturated rings. The van der Waals surface area contributed by atoms with Crippen LogP contribution in [0.15, 0.2) is 36.4 Å². The highest BCUT2D eigenvalue weighted by Gasteiger charge is 2.21. The van der Waals surface area contributed by atoms with Gasteiger partial charge in [-0.05, 0) is 63.2 Å². The van der Waals surface area contributed by atoms with Crippen LogP contribution >= 0.6 is 0 Å². The number of nitrogens with zero attached hydrogens (tertiary/aromatic N) is 3. The normalized spacial score (nSPS) is 10.5. The van der Waals surface area contributed by atoms with Crippen LogP contribution in [0.2, 0.25) is 0 Å². The topological polar surface area (TPSA) is 240 Å². The minimum atomic E-state index is -1.30. The van der Waals surface area contributed by atoms with Crippen molar-refractivity contribution in [1.82, 2.24) is 15.0 Å². The van der Waals surface area contributed by atoms with E-state index in [1.165, 1.54) is 36.4 Å². The molecule has 0 radical (unpaired) electrons. The summed E-state index contributed by atoms with van der Waals surface area (Å²) in [5.74, 6) is -3.77. The molecule has 16 heteroatoms. The minimum Gasteiger partial charge on any atom is -0.479 e. The molecule has 0 aliphatic carbocycles. The summed E-state index contributed by atoms with van der Waals surface area (Å²) in [7, 11) is 1.15. The lowest BCUT2D eigenvalue weighted by Crippen LogP contribution is -2.20. The van der Waals surface area contributed by atoms with E-state index in [0.717, 1.165) is 7.11 Å². The first-order valence-electron chi connectivity index (χ1n) is 12.9. The predicted octanol–water partition coefficient (Wildman–Crippen LogP) is 1.72. The highest BCUT2D eigenvalue weighted by molar-refractivity contribution is 6.06. The molecule has 0 saturated carbocycles. The summed E-state index contributed by atoms with van der Waals surface area (Å²) in [5, 5.41) is 14.1. The third kappa shape index (κ3) is 8.99. The Hall–Kier alpha value is -5.51. The molecule has 16 nitrogen and oxygen atoms in total. The third-order valence-corrected chi connectivity index (χ3v) is 5.23. The van der Waals surface area contributed by atoms with E-state index >= 15 is 0 Å². The first-order chi connectivity index (χ1) is 20.5. The van der Waals surface area contributed by atoms with Crippen LogP contribution in [0.4, 0.5) is 17.1 Å². The lowest BCUT2D eigenvalue weighted by Gasteiger charge is -2.16. The van der Waals surface area contributed by atoms with Crippen molar-refractivity contribution >= 4 is 40.8 Å². The van der Waals surface area contributed by atoms with Gasteiger partial charge in [0.15, 0.2) is 12.3 Å². The number of aromatic nitrogens is 3. The molecule has 0 aliphatic heterocycles. The summed E-state index contributed by atoms with van der Waals surface area (Å²) in [6.45, 7) is 3.36. The van der Waals surface area contributed by atoms with E-state index in [1.807, 2.05) is 0 Å². The van der Waals surface area contributed by atoms with E-state index in [1.54, 1.807) is 13.8 Å². The molecule has 0 aromatic carbocycles. The standard InChI is InChI=1S/C27H31N7O9/c1-14(2)43-26-19(31-22(37)16-6-5-15(29)24(32-16)41-12-4-11-28)8-7-17(33-26)23(38)30-18-9-10-20(27(39)40-3)34-25(18)42-13-21(35)36/h5-10,14H,4,11-13,28-29H2,1-3H3,(H,30,38)(H,31,37)(H,35,36). The van der Waals surface area contributed by atoms with E-state index in [-0.39, 0.29) is 64.5 Å². The molecule has 43 heavy (non-hydrogen) atoms. The number of nitrogens with two attached hydrogens (primary N) is 2. The van der Waals surface area contributed by atoms with Gasteiger partial charge in [0.2, 0.25) is 17.6 Å². The molecule has 0 saturated heterocycles. The lowest BCUT2D eigenvalue weighted by atomic mass is 10.2. The van der Waals surface area contributed by atoms with Crippen LogP contribution in [0.25, 0.3) is 0 Å². The van der Waals surface area contributed by atoms with Crippen LogP contribution in [0, 0.1) is 0 Å². The second-order valence-corrected chi connectivity index (χ2v) is 8.93. The second-order valence-electron chi connectivity index (χ2n) is 8.93. The number of carbonyl (C=O) groups excluding carboxylic acids is 3. The van der Waals surface area contributed by atoms with E-state index < -0.39 is 30.4 Å². The van der Waals surface area contributed by atoms with Crippen LogP contribution in [0.3, 0.4) is 0 Å². The van der Waals surface area contributed by atoms with Crippen molar-refractivity contribution in [2.75, 3.05) is 43.2 Å². The summed E-state index contributed by atoms with van der Waals surface area (Å²) in [4.78, 5) is 61.3. The maximum absolute atomic E-state index is 13.1. The molecule has 7 N–H and O–H groups in total. The second kappa shape index (κ2) is 14.9. The number of ether oxygens (including phenoxy) is 4. The van der Waals surface area contributed by atoms with Gasteiger partial charge in [0.1, 0.15) is 22.8 Å². The lowest BCUT2D eigenvalue weighted by molar-refractivity contribution is -0.139. The number of aliphatic carboxylic acids is 1. The zero-order valence-electron chi connectivity index (χ0n) is 23.6. The quantitative estimate of drug-likeness (QED) is 0.131. The van der Waals surface area contributed by atoms with Crippen molar-refractivity contribution in [3.63, 3.8) is 0 Å². The molecule has 3 rings (SSSR count). The van der Waals surface area contributed by atoms with Gasteiger partial charge in [-0.1, -0.05) is 0 Å². The van der Waals surface area contributed by atoms with E-state index in [9.17, 15) is 19.2 Å². The SMILES string of the molecule is COC(=O)c1ccc(NC(=O)c2ccc(NC(=O)c3ccc(N)c(OCCCN)n3)c(OC(C)C)n2)c(OCC(=O)O)n1. The van der Waals surface area contributed by atoms with Gasteiger partial charge >= 0.3 is 11.9 Å². The number of esters is 1. The highest BCUT2D eigenvalue weighted by Crippen LogP contribution is 2.27. The van der Waals surface area contributed by atoms with Gasteiger partial charge in [-0.15, -0.1) is 0 Å². The number of amides is 2. The van der Waals surface area contributed by atoms with Gasteiger partial charge in [-0.3, -0.25) is 9.59 Å². The summed E-state index contributed by atoms with van der Waals surface area (Å²) in [5.41, 5.74) is 11.4. The first kappa shape index (κ1) is 32.0. The Morgan fingerprint density at radius 1 is 0.837 bits per heavy atom. The number of methoxy groups -OCH3 is 1. The van der Waals surface area contributed by atoms with Gasteiger partial charge in [-0.25, -0.2) is 24.5 Å². The number of hydrogen-bond acceptors (Lipinski definition) is 13. The monoisotopic (exact) mass is 597 g/mol. The zero-order chi connectivity index (χ0) is 31.5. The first-order valence-corrected chi connectivity index (χ1v) is 12.9. The fourth-order valence-corrected chi connectivity index (χ4v) is 3.29. The van der Waals surface area contributed by atoms with E-state index in [0.29, 0.717) is 13.0 Å². The molecule has 0 bridgehead atoms. The Morgan fingerprint density at radius 3 is 1.98 bits per heavy atom. The zero-order valence-corrected chi connectivity index (χ0v) is 23.6. The molecular formula is C27H31N7O9. The number of nitrogens with one attached hydrogen (secondary N) is 2. The number of hydrogen-bond donors (Lipinski definition) is 5. The average Bonchev–Trinajstić information content (AvgIpc) is 2.97. The van der Waals surface area contributed by atoms with Gasteiger partial charge in [0, 0.05) is 0 Å². The van der Waals surface area contributed by atoms with Gasteiger partial charge in [0.25, 0.3) is 11.8 Å². The summed E-state index contributed by atoms with van der Waals surface area (Å²) < 4.78 is 21.0. The Bertz CT molecular complexity index is 1500. The molecule has 3 heterocycles. The number of carboxylic acid groups (broad SMARTS) is 1. The average molecular weight is 598 g/mol. The summed E-state index contributed by atoms with van der Waals surface area (Å²) in [6.07, 6.45) is 0.190. The number of anilines is 3. The van der Waals surface area contributed by atoms with Crippen LogP contribution in [0.1, 0.15) is 51.7 Å². The van der Waals surface area contributed by atoms with Crippen molar-refractivity contribution in [3.8, 4) is 17.6 Å². The molecule has 2 amide bonds. The smallest absolute Gasteiger partial charge is 0.356 e. The van der Waals surface area contributed by atoms with Crippen LogP contribution < -0.4 is 36.3 Å². The van der Waals surface area contributed by atoms with Crippen molar-refractivity contribution in [1.29, 1.82) is 0 Å². The van der Waals surface area contributed by atoms with Gasteiger partial charge < -0.3 is 46.2 Å². The molecule has 3 aromatic rings. The number of nitrogen functional groups attached to an aromatic ring is 1. The third-order valence-electron chi connectivity index (χ3n) is 5.23. The number of carboxylic acids is 1. The van der Waals surface area contributed by atoms with Crippen molar-refractivity contribution in [2.45, 2.75) is 26.4 Å². The van der Waals surface area contributed by atoms with E-state index in [4.69, 9.17) is 30.8 Å². The van der Waals surface area contributed by atoms with Crippen molar-refractivity contribution in [3.05, 3.63) is 53.5 Å². The Labute approximate surface area is 245 Å². The van der Waals surface area contributed by atoms with Crippen molar-refractivity contribution in [2.24, 2.45) is 5.73 Å². The molecule has 0 spiro atoms. The predicted molar refractivity (Wildman–Crippen MR) is 152 cm³/mol. The Morgan fingerprint density at radius 2 is 1.40 bits per heavy atom. The Balaban J connectivity index is 1.85. The molecule has 228 valence electrons. The maximum atomic E-state index is 13.1. The maximum Gasteiger partial charge on any atom is 0.356 e. The number of carbonyl (C=O) groups is 4. The fraction of sp³-hybridized carbons (Fsp3) is 0.296. The van der Waals surface area contributed by atoms with Crippen LogP contribution in [-0.2, 0) is 9.53 Å². The van der Waals surface area contributed by atoms with Crippen LogP contribution in [-0.4, -0.2) is 76.8 Å². The molecule has 0 atom stereocenters. The van der Waals surface area contributed by atoms with Gasteiger partial charge in [0.05, 0.1) is 25.5 Å². The molecule has 0 unspecified atom stereocenters. The van der Waals surface area contributed by atoms with Crippen LogP contribution in [0.5, 0.6) is 17.6 Å². The van der Waals surface area contributed by atoms with Crippen molar-refractivity contribution < 1.29 is 43.2 Å². The largest absolute Gasteiger partial charge is 0.479 e. The fourth-order valence-electron chi connectivity index (χ4n) is 3.29. The minimum absolute atomic E-state index is 0.00561. The number of rotatable bonds is 14. The van der Waals surface area contributed by atoms with Gasteiger partial charge in [-0.2, -0.15) is 0 Å². The molecular weight excluding hydrogens is 566 g/mol. The molecule has 3 aromatic heterocycles. The summed E-state index contributed by atoms with van der Waals surface area (Å²) >= 11 is 0. The highest BCUT2D eigenvalue weighted by atomic mass is 16.5. The summed E-state index contributed by atoms with van der Waals surface area (Å²) in [6, 6.07) is 8.19. The molecule has 0 aliphatic rings. The Kier molecular flexibility index (Phi) is 11.1. The van der Waals surface area contributed by atoms with E-state index in [2.05, 4.69) is 30.3 Å². The number of pyridine rings is 3.